The lowest BCUT2D eigenvalue weighted by Crippen LogP contribution is -2.40. The number of nitrogens with zero attached hydrogens (tertiary/aromatic N) is 2. The van der Waals surface area contributed by atoms with Crippen molar-refractivity contribution in [2.24, 2.45) is 5.16 Å². The second-order valence-electron chi connectivity index (χ2n) is 7.19. The second kappa shape index (κ2) is 9.51. The van der Waals surface area contributed by atoms with Crippen molar-refractivity contribution >= 4 is 38.3 Å². The second-order valence-corrected chi connectivity index (χ2v) is 9.13. The van der Waals surface area contributed by atoms with Crippen molar-refractivity contribution in [3.8, 4) is 0 Å². The quantitative estimate of drug-likeness (QED) is 0.432. The largest absolute Gasteiger partial charge is 0.455 e. The van der Waals surface area contributed by atoms with E-state index in [2.05, 4.69) is 10.5 Å². The Morgan fingerprint density at radius 1 is 1.12 bits per heavy atom. The zero-order valence-corrected chi connectivity index (χ0v) is 18.3. The average molecular weight is 458 g/mol. The van der Waals surface area contributed by atoms with Gasteiger partial charge in [-0.2, -0.15) is 4.31 Å². The number of nitrogens with one attached hydrogen (secondary N) is 1. The average Bonchev–Trinajstić information content (AvgIpc) is 3.24. The zero-order chi connectivity index (χ0) is 22.6. The molecule has 10 heteroatoms. The predicted molar refractivity (Wildman–Crippen MR) is 119 cm³/mol. The Bertz CT molecular complexity index is 1210. The number of ether oxygens (including phenoxy) is 1. The van der Waals surface area contributed by atoms with Crippen LogP contribution in [0.4, 0.5) is 5.69 Å². The Morgan fingerprint density at radius 2 is 1.91 bits per heavy atom. The SMILES string of the molecule is C/C(=N/OCC(=O)Nc1cccc(S(=O)(=O)N2CCOCC2)c1)c1cc2ccccc2o1. The number of carbonyl (C=O) groups excluding carboxylic acids is 1. The smallest absolute Gasteiger partial charge is 0.265 e. The van der Waals surface area contributed by atoms with E-state index in [4.69, 9.17) is 14.0 Å². The van der Waals surface area contributed by atoms with Crippen molar-refractivity contribution in [3.63, 3.8) is 0 Å². The summed E-state index contributed by atoms with van der Waals surface area (Å²) in [6, 6.07) is 15.5. The van der Waals surface area contributed by atoms with Crippen molar-refractivity contribution in [2.75, 3.05) is 38.2 Å². The van der Waals surface area contributed by atoms with Gasteiger partial charge in [0.25, 0.3) is 5.91 Å². The summed E-state index contributed by atoms with van der Waals surface area (Å²) in [7, 11) is -3.65. The Labute approximate surface area is 185 Å². The van der Waals surface area contributed by atoms with Crippen LogP contribution in [0.2, 0.25) is 0 Å². The van der Waals surface area contributed by atoms with Crippen molar-refractivity contribution in [1.82, 2.24) is 4.31 Å². The standard InChI is InChI=1S/C22H23N3O6S/c1-16(21-13-17-5-2-3-8-20(17)31-21)24-30-15-22(26)23-18-6-4-7-19(14-18)32(27,28)25-9-11-29-12-10-25/h2-8,13-14H,9-12,15H2,1H3,(H,23,26)/b24-16-. The summed E-state index contributed by atoms with van der Waals surface area (Å²) in [4.78, 5) is 17.5. The van der Waals surface area contributed by atoms with E-state index in [9.17, 15) is 13.2 Å². The van der Waals surface area contributed by atoms with E-state index in [0.717, 1.165) is 11.0 Å². The van der Waals surface area contributed by atoms with Crippen LogP contribution in [0.25, 0.3) is 11.0 Å². The van der Waals surface area contributed by atoms with Crippen LogP contribution in [0.5, 0.6) is 0 Å². The van der Waals surface area contributed by atoms with Crippen LogP contribution in [-0.2, 0) is 24.4 Å². The normalized spacial score (nSPS) is 15.6. The summed E-state index contributed by atoms with van der Waals surface area (Å²) in [5.41, 5.74) is 1.58. The number of amides is 1. The number of rotatable bonds is 7. The molecule has 2 heterocycles. The third-order valence-corrected chi connectivity index (χ3v) is 6.80. The van der Waals surface area contributed by atoms with E-state index < -0.39 is 15.9 Å². The third kappa shape index (κ3) is 4.98. The van der Waals surface area contributed by atoms with Crippen LogP contribution in [-0.4, -0.2) is 57.3 Å². The molecule has 0 spiro atoms. The van der Waals surface area contributed by atoms with Gasteiger partial charge in [0.2, 0.25) is 10.0 Å². The number of sulfonamides is 1. The fourth-order valence-corrected chi connectivity index (χ4v) is 4.71. The molecule has 1 saturated heterocycles. The minimum absolute atomic E-state index is 0.108. The van der Waals surface area contributed by atoms with E-state index in [-0.39, 0.29) is 11.5 Å². The first-order valence-corrected chi connectivity index (χ1v) is 11.5. The summed E-state index contributed by atoms with van der Waals surface area (Å²) < 4.78 is 37.8. The number of morpholine rings is 1. The van der Waals surface area contributed by atoms with Gasteiger partial charge in [-0.3, -0.25) is 4.79 Å². The summed E-state index contributed by atoms with van der Waals surface area (Å²) in [5.74, 6) is 0.0831. The predicted octanol–water partition coefficient (Wildman–Crippen LogP) is 2.83. The van der Waals surface area contributed by atoms with Gasteiger partial charge in [0.05, 0.1) is 18.1 Å². The molecule has 0 radical (unpaired) electrons. The van der Waals surface area contributed by atoms with Gasteiger partial charge in [-0.05, 0) is 37.3 Å². The van der Waals surface area contributed by atoms with Crippen molar-refractivity contribution in [1.29, 1.82) is 0 Å². The summed E-state index contributed by atoms with van der Waals surface area (Å²) in [6.07, 6.45) is 0. The van der Waals surface area contributed by atoms with Gasteiger partial charge in [0, 0.05) is 24.2 Å². The molecule has 1 amide bonds. The highest BCUT2D eigenvalue weighted by molar-refractivity contribution is 7.89. The molecule has 2 aromatic carbocycles. The Hall–Kier alpha value is -3.21. The van der Waals surface area contributed by atoms with Gasteiger partial charge >= 0.3 is 0 Å². The highest BCUT2D eigenvalue weighted by atomic mass is 32.2. The number of para-hydroxylation sites is 1. The summed E-state index contributed by atoms with van der Waals surface area (Å²) in [6.45, 7) is 2.71. The number of oxime groups is 1. The number of benzene rings is 2. The van der Waals surface area contributed by atoms with Gasteiger partial charge in [-0.1, -0.05) is 29.4 Å². The first kappa shape index (κ1) is 22.0. The number of hydrogen-bond donors (Lipinski definition) is 1. The molecule has 0 unspecified atom stereocenters. The maximum atomic E-state index is 12.8. The molecule has 9 nitrogen and oxygen atoms in total. The van der Waals surface area contributed by atoms with E-state index in [1.165, 1.54) is 16.4 Å². The number of hydrogen-bond acceptors (Lipinski definition) is 7. The van der Waals surface area contributed by atoms with Crippen LogP contribution < -0.4 is 5.32 Å². The van der Waals surface area contributed by atoms with Crippen LogP contribution in [0.15, 0.2) is 69.1 Å². The van der Waals surface area contributed by atoms with Crippen molar-refractivity contribution < 1.29 is 27.2 Å². The molecule has 168 valence electrons. The topological polar surface area (TPSA) is 110 Å². The summed E-state index contributed by atoms with van der Waals surface area (Å²) in [5, 5.41) is 7.51. The van der Waals surface area contributed by atoms with Crippen LogP contribution in [0.1, 0.15) is 12.7 Å². The fourth-order valence-electron chi connectivity index (χ4n) is 3.26. The molecule has 4 rings (SSSR count). The molecule has 1 N–H and O–H groups in total. The first-order valence-electron chi connectivity index (χ1n) is 10.1. The molecule has 0 atom stereocenters. The molecule has 1 aliphatic heterocycles. The molecule has 0 aliphatic carbocycles. The van der Waals surface area contributed by atoms with E-state index in [1.807, 2.05) is 30.3 Å². The number of furan rings is 1. The molecule has 1 aromatic heterocycles. The molecule has 32 heavy (non-hydrogen) atoms. The fraction of sp³-hybridized carbons (Fsp3) is 0.273. The monoisotopic (exact) mass is 457 g/mol. The van der Waals surface area contributed by atoms with Crippen LogP contribution in [0, 0.1) is 0 Å². The van der Waals surface area contributed by atoms with Gasteiger partial charge in [0.1, 0.15) is 11.3 Å². The molecule has 3 aromatic rings. The summed E-state index contributed by atoms with van der Waals surface area (Å²) >= 11 is 0. The van der Waals surface area contributed by atoms with Gasteiger partial charge in [-0.25, -0.2) is 8.42 Å². The van der Waals surface area contributed by atoms with Crippen LogP contribution in [0.3, 0.4) is 0 Å². The Morgan fingerprint density at radius 3 is 2.69 bits per heavy atom. The third-order valence-electron chi connectivity index (χ3n) is 4.90. The maximum Gasteiger partial charge on any atom is 0.265 e. The first-order chi connectivity index (χ1) is 15.4. The molecule has 1 fully saturated rings. The van der Waals surface area contributed by atoms with E-state index in [0.29, 0.717) is 43.5 Å². The number of anilines is 1. The molecule has 0 bridgehead atoms. The van der Waals surface area contributed by atoms with Gasteiger partial charge in [-0.15, -0.1) is 0 Å². The lowest BCUT2D eigenvalue weighted by molar-refractivity contribution is -0.120. The molecular formula is C22H23N3O6S. The lowest BCUT2D eigenvalue weighted by Gasteiger charge is -2.26. The van der Waals surface area contributed by atoms with Gasteiger partial charge < -0.3 is 19.3 Å². The molecular weight excluding hydrogens is 434 g/mol. The molecule has 0 saturated carbocycles. The minimum Gasteiger partial charge on any atom is -0.455 e. The van der Waals surface area contributed by atoms with Crippen molar-refractivity contribution in [2.45, 2.75) is 11.8 Å². The lowest BCUT2D eigenvalue weighted by atomic mass is 10.2. The van der Waals surface area contributed by atoms with E-state index >= 15 is 0 Å². The highest BCUT2D eigenvalue weighted by Crippen LogP contribution is 2.21. The Kier molecular flexibility index (Phi) is 6.54. The number of fused-ring (bicyclic) bond motifs is 1. The molecule has 1 aliphatic rings. The maximum absolute atomic E-state index is 12.8. The highest BCUT2D eigenvalue weighted by Gasteiger charge is 2.26. The van der Waals surface area contributed by atoms with Crippen molar-refractivity contribution in [3.05, 3.63) is 60.4 Å². The van der Waals surface area contributed by atoms with Crippen LogP contribution >= 0.6 is 0 Å². The zero-order valence-electron chi connectivity index (χ0n) is 17.5. The minimum atomic E-state index is -3.65. The Balaban J connectivity index is 1.36. The van der Waals surface area contributed by atoms with Gasteiger partial charge in [0.15, 0.2) is 12.4 Å². The number of carbonyl (C=O) groups is 1. The van der Waals surface area contributed by atoms with E-state index in [1.54, 1.807) is 19.1 Å².